The lowest BCUT2D eigenvalue weighted by Crippen LogP contribution is -2.48. The summed E-state index contributed by atoms with van der Waals surface area (Å²) in [4.78, 5) is 33.4. The molecule has 0 aliphatic carbocycles. The lowest BCUT2D eigenvalue weighted by Gasteiger charge is -2.39. The van der Waals surface area contributed by atoms with Gasteiger partial charge in [0.25, 0.3) is 5.56 Å². The highest BCUT2D eigenvalue weighted by molar-refractivity contribution is 6.31. The zero-order chi connectivity index (χ0) is 25.3. The van der Waals surface area contributed by atoms with Crippen LogP contribution in [0.5, 0.6) is 0 Å². The van der Waals surface area contributed by atoms with Gasteiger partial charge in [0, 0.05) is 35.9 Å². The van der Waals surface area contributed by atoms with Gasteiger partial charge in [-0.3, -0.25) is 14.2 Å². The molecule has 0 unspecified atom stereocenters. The number of amides is 1. The van der Waals surface area contributed by atoms with Gasteiger partial charge in [0.1, 0.15) is 18.2 Å². The quantitative estimate of drug-likeness (QED) is 0.555. The van der Waals surface area contributed by atoms with Gasteiger partial charge in [-0.05, 0) is 77.1 Å². The Morgan fingerprint density at radius 1 is 1.26 bits per heavy atom. The fraction of sp³-hybridized carbons (Fsp3) is 0.423. The monoisotopic (exact) mass is 499 g/mol. The van der Waals surface area contributed by atoms with Crippen molar-refractivity contribution in [3.8, 4) is 11.4 Å². The first-order valence-electron chi connectivity index (χ1n) is 11.8. The first-order chi connectivity index (χ1) is 16.6. The molecule has 4 rings (SSSR count). The number of aromatic nitrogens is 2. The van der Waals surface area contributed by atoms with Crippen molar-refractivity contribution < 1.29 is 9.18 Å². The number of hydrogen-bond donors (Lipinski definition) is 2. The van der Waals surface area contributed by atoms with Crippen LogP contribution in [-0.2, 0) is 11.3 Å². The Kier molecular flexibility index (Phi) is 7.15. The molecule has 1 aliphatic heterocycles. The molecule has 7 nitrogen and oxygen atoms in total. The predicted octanol–water partition coefficient (Wildman–Crippen LogP) is 3.96. The maximum absolute atomic E-state index is 13.8. The highest BCUT2D eigenvalue weighted by Crippen LogP contribution is 2.29. The van der Waals surface area contributed by atoms with Crippen molar-refractivity contribution >= 4 is 34.1 Å². The van der Waals surface area contributed by atoms with Crippen molar-refractivity contribution in [2.24, 2.45) is 0 Å². The zero-order valence-electron chi connectivity index (χ0n) is 20.5. The highest BCUT2D eigenvalue weighted by atomic mass is 35.5. The van der Waals surface area contributed by atoms with Crippen LogP contribution in [0, 0.1) is 5.82 Å². The minimum atomic E-state index is -0.568. The Hall–Kier alpha value is -2.97. The number of nitrogens with zero attached hydrogens (tertiary/aromatic N) is 3. The first-order valence-corrected chi connectivity index (χ1v) is 12.2. The Bertz CT molecular complexity index is 1320. The normalized spacial score (nSPS) is 15.9. The number of hydrogen-bond acceptors (Lipinski definition) is 5. The summed E-state index contributed by atoms with van der Waals surface area (Å²) in [5.74, 6) is -0.620. The molecule has 1 aliphatic rings. The van der Waals surface area contributed by atoms with Crippen molar-refractivity contribution in [2.45, 2.75) is 52.2 Å². The Labute approximate surface area is 209 Å². The topological polar surface area (TPSA) is 79.3 Å². The standard InChI is InChI=1S/C26H31ClFN5O2/c1-16(2)30-23(34)14-32-24(17-6-8-21(28)20(27)12-17)31-22-9-7-18(13-19(22)25(32)35)33-11-5-10-29-15-26(33,3)4/h6-9,12-13,16,29H,5,10-11,14-15H2,1-4H3,(H,30,34). The molecule has 9 heteroatoms. The van der Waals surface area contributed by atoms with Gasteiger partial charge in [-0.1, -0.05) is 11.6 Å². The molecule has 2 N–H and O–H groups in total. The van der Waals surface area contributed by atoms with Gasteiger partial charge in [-0.2, -0.15) is 0 Å². The summed E-state index contributed by atoms with van der Waals surface area (Å²) >= 11 is 6.02. The molecule has 0 bridgehead atoms. The molecular formula is C26H31ClFN5O2. The second-order valence-electron chi connectivity index (χ2n) is 9.87. The zero-order valence-corrected chi connectivity index (χ0v) is 21.2. The minimum Gasteiger partial charge on any atom is -0.365 e. The maximum Gasteiger partial charge on any atom is 0.262 e. The van der Waals surface area contributed by atoms with Crippen molar-refractivity contribution in [3.63, 3.8) is 0 Å². The van der Waals surface area contributed by atoms with E-state index >= 15 is 0 Å². The van der Waals surface area contributed by atoms with Crippen LogP contribution in [0.3, 0.4) is 0 Å². The summed E-state index contributed by atoms with van der Waals surface area (Å²) in [5, 5.41) is 6.62. The Morgan fingerprint density at radius 3 is 2.74 bits per heavy atom. The van der Waals surface area contributed by atoms with E-state index in [4.69, 9.17) is 16.6 Å². The number of rotatable bonds is 5. The van der Waals surface area contributed by atoms with Gasteiger partial charge < -0.3 is 15.5 Å². The lowest BCUT2D eigenvalue weighted by atomic mass is 10.0. The number of benzene rings is 2. The maximum atomic E-state index is 13.8. The smallest absolute Gasteiger partial charge is 0.262 e. The van der Waals surface area contributed by atoms with Gasteiger partial charge in [-0.15, -0.1) is 0 Å². The number of halogens is 2. The molecular weight excluding hydrogens is 469 g/mol. The molecule has 1 fully saturated rings. The van der Waals surface area contributed by atoms with Crippen LogP contribution in [0.2, 0.25) is 5.02 Å². The summed E-state index contributed by atoms with van der Waals surface area (Å²) in [7, 11) is 0. The molecule has 35 heavy (non-hydrogen) atoms. The van der Waals surface area contributed by atoms with Crippen LogP contribution in [0.4, 0.5) is 10.1 Å². The fourth-order valence-electron chi connectivity index (χ4n) is 4.52. The molecule has 1 saturated heterocycles. The average Bonchev–Trinajstić information content (AvgIpc) is 2.97. The summed E-state index contributed by atoms with van der Waals surface area (Å²) in [6, 6.07) is 9.73. The molecule has 186 valence electrons. The molecule has 0 radical (unpaired) electrons. The van der Waals surface area contributed by atoms with E-state index < -0.39 is 5.82 Å². The van der Waals surface area contributed by atoms with Crippen LogP contribution in [0.25, 0.3) is 22.3 Å². The third kappa shape index (κ3) is 5.33. The SMILES string of the molecule is CC(C)NC(=O)Cn1c(-c2ccc(F)c(Cl)c2)nc2ccc(N3CCCNCC3(C)C)cc2c1=O. The van der Waals surface area contributed by atoms with Gasteiger partial charge in [-0.25, -0.2) is 9.37 Å². The molecule has 2 heterocycles. The number of anilines is 1. The van der Waals surface area contributed by atoms with Crippen LogP contribution >= 0.6 is 11.6 Å². The molecule has 1 amide bonds. The van der Waals surface area contributed by atoms with E-state index in [0.717, 1.165) is 31.7 Å². The van der Waals surface area contributed by atoms with E-state index in [2.05, 4.69) is 29.4 Å². The molecule has 1 aromatic heterocycles. The molecule has 0 atom stereocenters. The van der Waals surface area contributed by atoms with Gasteiger partial charge in [0.15, 0.2) is 0 Å². The van der Waals surface area contributed by atoms with Crippen molar-refractivity contribution in [3.05, 3.63) is 57.6 Å². The van der Waals surface area contributed by atoms with Gasteiger partial charge in [0.2, 0.25) is 5.91 Å². The van der Waals surface area contributed by atoms with E-state index in [1.807, 2.05) is 32.0 Å². The number of nitrogens with one attached hydrogen (secondary N) is 2. The second-order valence-corrected chi connectivity index (χ2v) is 10.3. The largest absolute Gasteiger partial charge is 0.365 e. The van der Waals surface area contributed by atoms with Crippen molar-refractivity contribution in [1.82, 2.24) is 20.2 Å². The number of fused-ring (bicyclic) bond motifs is 1. The average molecular weight is 500 g/mol. The van der Waals surface area contributed by atoms with Crippen LogP contribution in [0.15, 0.2) is 41.2 Å². The van der Waals surface area contributed by atoms with Crippen molar-refractivity contribution in [2.75, 3.05) is 24.5 Å². The molecule has 3 aromatic rings. The predicted molar refractivity (Wildman–Crippen MR) is 139 cm³/mol. The first kappa shape index (κ1) is 25.1. The lowest BCUT2D eigenvalue weighted by molar-refractivity contribution is -0.122. The summed E-state index contributed by atoms with van der Waals surface area (Å²) in [6.45, 7) is 10.5. The van der Waals surface area contributed by atoms with Crippen molar-refractivity contribution in [1.29, 1.82) is 0 Å². The minimum absolute atomic E-state index is 0.0811. The molecule has 0 spiro atoms. The van der Waals surface area contributed by atoms with E-state index in [1.54, 1.807) is 0 Å². The Morgan fingerprint density at radius 2 is 2.03 bits per heavy atom. The van der Waals surface area contributed by atoms with E-state index in [-0.39, 0.29) is 40.4 Å². The highest BCUT2D eigenvalue weighted by Gasteiger charge is 2.29. The Balaban J connectivity index is 1.88. The third-order valence-electron chi connectivity index (χ3n) is 6.20. The summed E-state index contributed by atoms with van der Waals surface area (Å²) in [5.41, 5.74) is 1.41. The van der Waals surface area contributed by atoms with Crippen LogP contribution in [0.1, 0.15) is 34.1 Å². The van der Waals surface area contributed by atoms with Crippen LogP contribution < -0.4 is 21.1 Å². The summed E-state index contributed by atoms with van der Waals surface area (Å²) < 4.78 is 15.2. The number of carbonyl (C=O) groups excluding carboxylic acids is 1. The second kappa shape index (κ2) is 9.95. The van der Waals surface area contributed by atoms with E-state index in [9.17, 15) is 14.0 Å². The van der Waals surface area contributed by atoms with Crippen LogP contribution in [-0.4, -0.2) is 46.7 Å². The van der Waals surface area contributed by atoms with Gasteiger partial charge >= 0.3 is 0 Å². The number of carbonyl (C=O) groups is 1. The van der Waals surface area contributed by atoms with E-state index in [1.165, 1.54) is 22.8 Å². The van der Waals surface area contributed by atoms with E-state index in [0.29, 0.717) is 16.5 Å². The summed E-state index contributed by atoms with van der Waals surface area (Å²) in [6.07, 6.45) is 0.990. The molecule has 2 aromatic carbocycles. The van der Waals surface area contributed by atoms with Gasteiger partial charge in [0.05, 0.1) is 15.9 Å². The third-order valence-corrected chi connectivity index (χ3v) is 6.49. The fourth-order valence-corrected chi connectivity index (χ4v) is 4.70. The molecule has 0 saturated carbocycles.